The molecule has 0 aliphatic carbocycles. The van der Waals surface area contributed by atoms with Gasteiger partial charge in [0.1, 0.15) is 0 Å². The van der Waals surface area contributed by atoms with Gasteiger partial charge < -0.3 is 14.8 Å². The Morgan fingerprint density at radius 3 is 2.79 bits per heavy atom. The van der Waals surface area contributed by atoms with Crippen LogP contribution in [0, 0.1) is 5.41 Å². The number of halogens is 1. The van der Waals surface area contributed by atoms with Gasteiger partial charge in [-0.05, 0) is 6.92 Å². The van der Waals surface area contributed by atoms with Gasteiger partial charge in [-0.1, -0.05) is 0 Å². The average molecular weight is 203 g/mol. The predicted octanol–water partition coefficient (Wildman–Crippen LogP) is -0.122. The quantitative estimate of drug-likeness (QED) is 0.635. The Hall–Kier alpha value is -0.680. The second kappa shape index (κ2) is 3.17. The van der Waals surface area contributed by atoms with Gasteiger partial charge in [0.25, 0.3) is 0 Å². The molecule has 80 valence electrons. The fourth-order valence-corrected chi connectivity index (χ4v) is 2.02. The average Bonchev–Trinajstić information content (AvgIpc) is 2.44. The summed E-state index contributed by atoms with van der Waals surface area (Å²) in [6.07, 6.45) is 0. The first-order chi connectivity index (χ1) is 6.65. The topological polar surface area (TPSA) is 47.6 Å². The normalized spacial score (nSPS) is 34.1. The smallest absolute Gasteiger partial charge is 0.346 e. The Labute approximate surface area is 81.8 Å². The number of hydrogen-bond donors (Lipinski definition) is 1. The molecule has 1 atom stereocenters. The van der Waals surface area contributed by atoms with Crippen LogP contribution in [0.25, 0.3) is 0 Å². The molecule has 2 heterocycles. The van der Waals surface area contributed by atoms with Crippen molar-refractivity contribution in [1.82, 2.24) is 5.32 Å². The fraction of sp³-hybridized carbons (Fsp3) is 0.889. The van der Waals surface area contributed by atoms with E-state index in [4.69, 9.17) is 9.47 Å². The van der Waals surface area contributed by atoms with E-state index in [0.29, 0.717) is 19.8 Å². The third-order valence-electron chi connectivity index (χ3n) is 3.03. The van der Waals surface area contributed by atoms with Crippen molar-refractivity contribution < 1.29 is 18.7 Å². The van der Waals surface area contributed by atoms with Crippen molar-refractivity contribution in [3.8, 4) is 0 Å². The molecule has 0 amide bonds. The molecule has 1 N–H and O–H groups in total. The molecule has 2 aliphatic heterocycles. The zero-order chi connectivity index (χ0) is 10.2. The SMILES string of the molecule is CCOC(=O)C1(F)CNCC12COC2. The maximum absolute atomic E-state index is 14.4. The lowest BCUT2D eigenvalue weighted by Crippen LogP contribution is -2.61. The molecule has 4 nitrogen and oxygen atoms in total. The highest BCUT2D eigenvalue weighted by Crippen LogP contribution is 2.45. The molecule has 14 heavy (non-hydrogen) atoms. The lowest BCUT2D eigenvalue weighted by molar-refractivity contribution is -0.196. The van der Waals surface area contributed by atoms with E-state index in [-0.39, 0.29) is 13.2 Å². The van der Waals surface area contributed by atoms with Gasteiger partial charge >= 0.3 is 5.97 Å². The molecule has 2 fully saturated rings. The Balaban J connectivity index is 2.16. The van der Waals surface area contributed by atoms with E-state index >= 15 is 0 Å². The Kier molecular flexibility index (Phi) is 2.23. The Morgan fingerprint density at radius 2 is 2.29 bits per heavy atom. The predicted molar refractivity (Wildman–Crippen MR) is 46.6 cm³/mol. The summed E-state index contributed by atoms with van der Waals surface area (Å²) in [6.45, 7) is 3.01. The zero-order valence-corrected chi connectivity index (χ0v) is 8.14. The summed E-state index contributed by atoms with van der Waals surface area (Å²) in [5, 5.41) is 2.89. The minimum atomic E-state index is -1.90. The van der Waals surface area contributed by atoms with Crippen molar-refractivity contribution >= 4 is 5.97 Å². The maximum atomic E-state index is 14.4. The molecule has 2 saturated heterocycles. The number of carbonyl (C=O) groups is 1. The van der Waals surface area contributed by atoms with Gasteiger partial charge in [0.05, 0.1) is 25.2 Å². The lowest BCUT2D eigenvalue weighted by Gasteiger charge is -2.43. The first kappa shape index (κ1) is 9.86. The van der Waals surface area contributed by atoms with Crippen LogP contribution < -0.4 is 5.32 Å². The van der Waals surface area contributed by atoms with E-state index in [0.717, 1.165) is 0 Å². The number of ether oxygens (including phenoxy) is 2. The van der Waals surface area contributed by atoms with E-state index < -0.39 is 17.1 Å². The number of rotatable bonds is 2. The molecule has 2 rings (SSSR count). The zero-order valence-electron chi connectivity index (χ0n) is 8.14. The van der Waals surface area contributed by atoms with Crippen molar-refractivity contribution in [1.29, 1.82) is 0 Å². The summed E-state index contributed by atoms with van der Waals surface area (Å²) >= 11 is 0. The summed E-state index contributed by atoms with van der Waals surface area (Å²) in [5.41, 5.74) is -2.58. The molecular weight excluding hydrogens is 189 g/mol. The maximum Gasteiger partial charge on any atom is 0.346 e. The molecule has 0 radical (unpaired) electrons. The fourth-order valence-electron chi connectivity index (χ4n) is 2.02. The van der Waals surface area contributed by atoms with E-state index in [1.54, 1.807) is 6.92 Å². The number of alkyl halides is 1. The number of nitrogens with one attached hydrogen (secondary N) is 1. The number of esters is 1. The van der Waals surface area contributed by atoms with Crippen LogP contribution >= 0.6 is 0 Å². The summed E-state index contributed by atoms with van der Waals surface area (Å²) in [5.74, 6) is -0.756. The first-order valence-corrected chi connectivity index (χ1v) is 4.79. The molecular formula is C9H14FNO3. The third-order valence-corrected chi connectivity index (χ3v) is 3.03. The summed E-state index contributed by atoms with van der Waals surface area (Å²) in [4.78, 5) is 11.5. The minimum absolute atomic E-state index is 0.0369. The second-order valence-electron chi connectivity index (χ2n) is 3.90. The highest BCUT2D eigenvalue weighted by Gasteiger charge is 2.65. The largest absolute Gasteiger partial charge is 0.464 e. The van der Waals surface area contributed by atoms with Gasteiger partial charge in [-0.3, -0.25) is 0 Å². The minimum Gasteiger partial charge on any atom is -0.464 e. The number of carbonyl (C=O) groups excluding carboxylic acids is 1. The second-order valence-corrected chi connectivity index (χ2v) is 3.90. The van der Waals surface area contributed by atoms with Gasteiger partial charge in [-0.15, -0.1) is 0 Å². The van der Waals surface area contributed by atoms with Gasteiger partial charge in [0.15, 0.2) is 0 Å². The highest BCUT2D eigenvalue weighted by atomic mass is 19.1. The van der Waals surface area contributed by atoms with Gasteiger partial charge in [0.2, 0.25) is 5.67 Å². The molecule has 2 aliphatic rings. The molecule has 0 saturated carbocycles. The van der Waals surface area contributed by atoms with Gasteiger partial charge in [0, 0.05) is 13.1 Å². The third kappa shape index (κ3) is 1.09. The molecule has 0 aromatic carbocycles. The van der Waals surface area contributed by atoms with E-state index in [1.807, 2.05) is 0 Å². The van der Waals surface area contributed by atoms with Crippen LogP contribution in [-0.2, 0) is 14.3 Å². The lowest BCUT2D eigenvalue weighted by atomic mass is 9.74. The van der Waals surface area contributed by atoms with Gasteiger partial charge in [-0.2, -0.15) is 0 Å². The van der Waals surface area contributed by atoms with Crippen LogP contribution in [-0.4, -0.2) is 44.5 Å². The molecule has 0 bridgehead atoms. The van der Waals surface area contributed by atoms with Crippen LogP contribution in [0.15, 0.2) is 0 Å². The summed E-state index contributed by atoms with van der Waals surface area (Å²) < 4.78 is 24.1. The molecule has 1 unspecified atom stereocenters. The van der Waals surface area contributed by atoms with Crippen molar-refractivity contribution in [2.24, 2.45) is 5.41 Å². The Bertz CT molecular complexity index is 254. The van der Waals surface area contributed by atoms with E-state index in [9.17, 15) is 9.18 Å². The van der Waals surface area contributed by atoms with E-state index in [1.165, 1.54) is 0 Å². The monoisotopic (exact) mass is 203 g/mol. The molecule has 5 heteroatoms. The van der Waals surface area contributed by atoms with Crippen LogP contribution in [0.3, 0.4) is 0 Å². The van der Waals surface area contributed by atoms with E-state index in [2.05, 4.69) is 5.32 Å². The van der Waals surface area contributed by atoms with Crippen molar-refractivity contribution in [3.05, 3.63) is 0 Å². The highest BCUT2D eigenvalue weighted by molar-refractivity contribution is 5.82. The molecule has 0 aromatic rings. The first-order valence-electron chi connectivity index (χ1n) is 4.79. The van der Waals surface area contributed by atoms with Crippen LogP contribution in [0.5, 0.6) is 0 Å². The van der Waals surface area contributed by atoms with Crippen LogP contribution in [0.4, 0.5) is 4.39 Å². The standard InChI is InChI=1S/C9H14FNO3/c1-2-14-7(12)9(10)4-11-3-8(9)5-13-6-8/h11H,2-6H2,1H3. The van der Waals surface area contributed by atoms with Crippen molar-refractivity contribution in [2.45, 2.75) is 12.6 Å². The van der Waals surface area contributed by atoms with Crippen LogP contribution in [0.2, 0.25) is 0 Å². The van der Waals surface area contributed by atoms with Crippen molar-refractivity contribution in [3.63, 3.8) is 0 Å². The van der Waals surface area contributed by atoms with Crippen molar-refractivity contribution in [2.75, 3.05) is 32.9 Å². The summed E-state index contributed by atoms with van der Waals surface area (Å²) in [7, 11) is 0. The molecule has 1 spiro atoms. The molecule has 0 aromatic heterocycles. The summed E-state index contributed by atoms with van der Waals surface area (Å²) in [6, 6.07) is 0. The van der Waals surface area contributed by atoms with Gasteiger partial charge in [-0.25, -0.2) is 9.18 Å². The van der Waals surface area contributed by atoms with Crippen LogP contribution in [0.1, 0.15) is 6.92 Å². The number of hydrogen-bond acceptors (Lipinski definition) is 4. The Morgan fingerprint density at radius 1 is 1.57 bits per heavy atom.